The summed E-state index contributed by atoms with van der Waals surface area (Å²) in [6.45, 7) is 2.55. The predicted molar refractivity (Wildman–Crippen MR) is 99.5 cm³/mol. The molecule has 3 heterocycles. The van der Waals surface area contributed by atoms with Crippen molar-refractivity contribution in [3.05, 3.63) is 76.4 Å². The van der Waals surface area contributed by atoms with Crippen LogP contribution in [0.2, 0.25) is 0 Å². The number of piperidine rings is 1. The number of hydrogen-bond donors (Lipinski definition) is 1. The van der Waals surface area contributed by atoms with Crippen molar-refractivity contribution >= 4 is 0 Å². The number of benzene rings is 1. The molecule has 1 N–H and O–H groups in total. The van der Waals surface area contributed by atoms with Gasteiger partial charge in [-0.3, -0.25) is 14.7 Å². The van der Waals surface area contributed by atoms with Gasteiger partial charge in [0.05, 0.1) is 11.9 Å². The van der Waals surface area contributed by atoms with Gasteiger partial charge in [-0.25, -0.2) is 14.4 Å². The Kier molecular flexibility index (Phi) is 5.02. The van der Waals surface area contributed by atoms with E-state index in [1.54, 1.807) is 24.7 Å². The lowest BCUT2D eigenvalue weighted by Crippen LogP contribution is -2.34. The van der Waals surface area contributed by atoms with Gasteiger partial charge in [0.1, 0.15) is 11.5 Å². The van der Waals surface area contributed by atoms with Gasteiger partial charge in [-0.2, -0.15) is 0 Å². The number of nitrogens with zero attached hydrogens (tertiary/aromatic N) is 4. The summed E-state index contributed by atoms with van der Waals surface area (Å²) in [5, 5.41) is 0. The Balaban J connectivity index is 1.53. The molecule has 4 rings (SSSR count). The lowest BCUT2D eigenvalue weighted by atomic mass is 9.94. The normalized spacial score (nSPS) is 17.7. The van der Waals surface area contributed by atoms with Crippen molar-refractivity contribution in [1.82, 2.24) is 24.8 Å². The van der Waals surface area contributed by atoms with Crippen LogP contribution in [0.3, 0.4) is 0 Å². The maximum absolute atomic E-state index is 13.1. The van der Waals surface area contributed by atoms with Crippen molar-refractivity contribution in [1.29, 1.82) is 0 Å². The van der Waals surface area contributed by atoms with Crippen molar-refractivity contribution in [2.75, 3.05) is 13.1 Å². The van der Waals surface area contributed by atoms with Gasteiger partial charge in [-0.05, 0) is 37.1 Å². The second kappa shape index (κ2) is 7.75. The summed E-state index contributed by atoms with van der Waals surface area (Å²) < 4.78 is 13.1. The second-order valence-corrected chi connectivity index (χ2v) is 6.81. The molecule has 1 aliphatic heterocycles. The van der Waals surface area contributed by atoms with E-state index in [9.17, 15) is 9.18 Å². The first-order chi connectivity index (χ1) is 13.2. The van der Waals surface area contributed by atoms with Crippen LogP contribution in [0.4, 0.5) is 4.39 Å². The Hall–Kier alpha value is -2.93. The highest BCUT2D eigenvalue weighted by molar-refractivity contribution is 5.46. The van der Waals surface area contributed by atoms with E-state index in [-0.39, 0.29) is 17.3 Å². The summed E-state index contributed by atoms with van der Waals surface area (Å²) in [7, 11) is 0. The topological polar surface area (TPSA) is 74.8 Å². The average molecular weight is 365 g/mol. The van der Waals surface area contributed by atoms with E-state index in [2.05, 4.69) is 24.8 Å². The predicted octanol–water partition coefficient (Wildman–Crippen LogP) is 2.75. The van der Waals surface area contributed by atoms with E-state index in [1.165, 1.54) is 12.1 Å². The van der Waals surface area contributed by atoms with Crippen molar-refractivity contribution < 1.29 is 4.39 Å². The molecule has 6 nitrogen and oxygen atoms in total. The van der Waals surface area contributed by atoms with E-state index in [0.717, 1.165) is 43.7 Å². The molecule has 1 aromatic carbocycles. The molecule has 0 unspecified atom stereocenters. The van der Waals surface area contributed by atoms with Gasteiger partial charge in [0.15, 0.2) is 5.82 Å². The minimum Gasteiger partial charge on any atom is -0.305 e. The van der Waals surface area contributed by atoms with Gasteiger partial charge in [-0.15, -0.1) is 0 Å². The zero-order valence-electron chi connectivity index (χ0n) is 14.8. The summed E-state index contributed by atoms with van der Waals surface area (Å²) in [6, 6.07) is 8.18. The molecule has 27 heavy (non-hydrogen) atoms. The molecule has 3 aromatic rings. The first kappa shape index (κ1) is 17.5. The van der Waals surface area contributed by atoms with Crippen molar-refractivity contribution in [2.45, 2.75) is 25.3 Å². The molecule has 2 aromatic heterocycles. The molecule has 1 aliphatic rings. The third-order valence-corrected chi connectivity index (χ3v) is 4.81. The highest BCUT2D eigenvalue weighted by atomic mass is 19.1. The molecular weight excluding hydrogens is 345 g/mol. The molecule has 1 saturated heterocycles. The van der Waals surface area contributed by atoms with E-state index in [4.69, 9.17) is 0 Å². The Morgan fingerprint density at radius 2 is 2.07 bits per heavy atom. The van der Waals surface area contributed by atoms with Gasteiger partial charge in [0.2, 0.25) is 0 Å². The molecular formula is C20H20FN5O. The van der Waals surface area contributed by atoms with E-state index in [0.29, 0.717) is 11.5 Å². The summed E-state index contributed by atoms with van der Waals surface area (Å²) in [5.74, 6) is 0.401. The molecule has 1 fully saturated rings. The molecule has 0 spiro atoms. The van der Waals surface area contributed by atoms with Crippen LogP contribution in [0.5, 0.6) is 0 Å². The van der Waals surface area contributed by atoms with Crippen molar-refractivity contribution in [3.63, 3.8) is 0 Å². The van der Waals surface area contributed by atoms with Gasteiger partial charge in [-0.1, -0.05) is 12.1 Å². The lowest BCUT2D eigenvalue weighted by Gasteiger charge is -2.32. The molecule has 0 bridgehead atoms. The molecule has 0 saturated carbocycles. The van der Waals surface area contributed by atoms with E-state index in [1.807, 2.05) is 12.1 Å². The summed E-state index contributed by atoms with van der Waals surface area (Å²) in [4.78, 5) is 30.1. The zero-order chi connectivity index (χ0) is 18.6. The molecule has 0 radical (unpaired) electrons. The molecule has 138 valence electrons. The number of halogens is 1. The highest BCUT2D eigenvalue weighted by Crippen LogP contribution is 2.26. The van der Waals surface area contributed by atoms with E-state index >= 15 is 0 Å². The van der Waals surface area contributed by atoms with Crippen molar-refractivity contribution in [2.24, 2.45) is 0 Å². The fraction of sp³-hybridized carbons (Fsp3) is 0.300. The molecule has 7 heteroatoms. The zero-order valence-corrected chi connectivity index (χ0v) is 14.8. The van der Waals surface area contributed by atoms with Crippen molar-refractivity contribution in [3.8, 4) is 11.5 Å². The largest absolute Gasteiger partial charge is 0.305 e. The quantitative estimate of drug-likeness (QED) is 0.769. The standard InChI is InChI=1S/C20H20FN5O/c21-16-5-3-14(4-6-16)12-26-9-1-2-15(13-26)17-10-19(27)25-20(24-17)18-11-22-7-8-23-18/h3-8,10-11,15H,1-2,9,12-13H2,(H,24,25,27)/t15-/m1/s1. The van der Waals surface area contributed by atoms with Crippen LogP contribution < -0.4 is 5.56 Å². The molecule has 1 atom stereocenters. The minimum absolute atomic E-state index is 0.178. The van der Waals surface area contributed by atoms with Crippen LogP contribution in [-0.4, -0.2) is 37.9 Å². The number of nitrogens with one attached hydrogen (secondary N) is 1. The summed E-state index contributed by atoms with van der Waals surface area (Å²) in [6.07, 6.45) is 6.76. The van der Waals surface area contributed by atoms with Gasteiger partial charge >= 0.3 is 0 Å². The summed E-state index contributed by atoms with van der Waals surface area (Å²) in [5.41, 5.74) is 2.23. The third-order valence-electron chi connectivity index (χ3n) is 4.81. The Labute approximate surface area is 156 Å². The number of aromatic amines is 1. The van der Waals surface area contributed by atoms with Crippen LogP contribution in [0.1, 0.15) is 30.0 Å². The minimum atomic E-state index is -0.223. The van der Waals surface area contributed by atoms with E-state index < -0.39 is 0 Å². The SMILES string of the molecule is O=c1cc([C@@H]2CCCN(Cc3ccc(F)cc3)C2)nc(-c2cnccn2)[nH]1. The number of likely N-dealkylation sites (tertiary alicyclic amines) is 1. The smallest absolute Gasteiger partial charge is 0.251 e. The maximum atomic E-state index is 13.1. The fourth-order valence-electron chi connectivity index (χ4n) is 3.52. The van der Waals surface area contributed by atoms with Crippen LogP contribution in [-0.2, 0) is 6.54 Å². The van der Waals surface area contributed by atoms with Crippen LogP contribution in [0.25, 0.3) is 11.5 Å². The lowest BCUT2D eigenvalue weighted by molar-refractivity contribution is 0.198. The average Bonchev–Trinajstić information content (AvgIpc) is 2.70. The third kappa shape index (κ3) is 4.25. The van der Waals surface area contributed by atoms with Gasteiger partial charge < -0.3 is 4.98 Å². The molecule has 0 aliphatic carbocycles. The summed E-state index contributed by atoms with van der Waals surface area (Å²) >= 11 is 0. The Morgan fingerprint density at radius 3 is 2.85 bits per heavy atom. The Bertz CT molecular complexity index is 958. The van der Waals surface area contributed by atoms with Crippen LogP contribution in [0, 0.1) is 5.82 Å². The number of hydrogen-bond acceptors (Lipinski definition) is 5. The maximum Gasteiger partial charge on any atom is 0.251 e. The second-order valence-electron chi connectivity index (χ2n) is 6.81. The van der Waals surface area contributed by atoms with Crippen LogP contribution >= 0.6 is 0 Å². The monoisotopic (exact) mass is 365 g/mol. The number of aromatic nitrogens is 4. The number of H-pyrrole nitrogens is 1. The first-order valence-corrected chi connectivity index (χ1v) is 9.02. The Morgan fingerprint density at radius 1 is 1.22 bits per heavy atom. The van der Waals surface area contributed by atoms with Gasteiger partial charge in [0, 0.05) is 37.5 Å². The highest BCUT2D eigenvalue weighted by Gasteiger charge is 2.23. The molecule has 0 amide bonds. The van der Waals surface area contributed by atoms with Gasteiger partial charge in [0.25, 0.3) is 5.56 Å². The van der Waals surface area contributed by atoms with Crippen LogP contribution in [0.15, 0.2) is 53.7 Å². The number of rotatable bonds is 4. The first-order valence-electron chi connectivity index (χ1n) is 9.02. The fourth-order valence-corrected chi connectivity index (χ4v) is 3.52.